The predicted octanol–water partition coefficient (Wildman–Crippen LogP) is 2.59. The van der Waals surface area contributed by atoms with Crippen molar-refractivity contribution in [1.82, 2.24) is 0 Å². The fourth-order valence-electron chi connectivity index (χ4n) is 1.90. The average molecular weight is 326 g/mol. The lowest BCUT2D eigenvalue weighted by Crippen LogP contribution is -2.21. The van der Waals surface area contributed by atoms with Gasteiger partial charge in [0.25, 0.3) is 5.91 Å². The molecule has 0 bridgehead atoms. The van der Waals surface area contributed by atoms with Crippen molar-refractivity contribution in [2.24, 2.45) is 0 Å². The van der Waals surface area contributed by atoms with Crippen molar-refractivity contribution in [3.63, 3.8) is 0 Å². The number of nitrogens with one attached hydrogen (secondary N) is 2. The number of carbonyl (C=O) groups excluding carboxylic acids is 3. The number of amides is 2. The van der Waals surface area contributed by atoms with Gasteiger partial charge in [0.15, 0.2) is 6.61 Å². The maximum atomic E-state index is 11.7. The SMILES string of the molecule is O=C(CCC(=O)OCC(=O)Nc1ccccc1)Nc1ccccc1. The molecule has 2 aromatic rings. The first-order chi connectivity index (χ1) is 11.6. The lowest BCUT2D eigenvalue weighted by atomic mass is 10.2. The summed E-state index contributed by atoms with van der Waals surface area (Å²) in [7, 11) is 0. The van der Waals surface area contributed by atoms with E-state index in [9.17, 15) is 14.4 Å². The van der Waals surface area contributed by atoms with E-state index in [-0.39, 0.29) is 25.4 Å². The zero-order chi connectivity index (χ0) is 17.2. The van der Waals surface area contributed by atoms with E-state index >= 15 is 0 Å². The number of hydrogen-bond acceptors (Lipinski definition) is 4. The van der Waals surface area contributed by atoms with Gasteiger partial charge in [0.1, 0.15) is 0 Å². The van der Waals surface area contributed by atoms with Gasteiger partial charge in [0.05, 0.1) is 6.42 Å². The molecule has 0 unspecified atom stereocenters. The molecule has 2 amide bonds. The van der Waals surface area contributed by atoms with E-state index in [4.69, 9.17) is 4.74 Å². The average Bonchev–Trinajstić information content (AvgIpc) is 2.60. The predicted molar refractivity (Wildman–Crippen MR) is 90.3 cm³/mol. The van der Waals surface area contributed by atoms with E-state index in [0.29, 0.717) is 11.4 Å². The molecular formula is C18H18N2O4. The zero-order valence-corrected chi connectivity index (χ0v) is 13.0. The topological polar surface area (TPSA) is 84.5 Å². The molecule has 24 heavy (non-hydrogen) atoms. The van der Waals surface area contributed by atoms with Gasteiger partial charge in [-0.05, 0) is 24.3 Å². The molecule has 0 aliphatic rings. The molecule has 2 aromatic carbocycles. The molecule has 0 heterocycles. The first kappa shape index (κ1) is 17.2. The second-order valence-electron chi connectivity index (χ2n) is 4.99. The summed E-state index contributed by atoms with van der Waals surface area (Å²) in [6, 6.07) is 17.8. The third-order valence-corrected chi connectivity index (χ3v) is 3.04. The van der Waals surface area contributed by atoms with Crippen molar-refractivity contribution in [3.8, 4) is 0 Å². The van der Waals surface area contributed by atoms with Crippen LogP contribution in [0.3, 0.4) is 0 Å². The smallest absolute Gasteiger partial charge is 0.306 e. The summed E-state index contributed by atoms with van der Waals surface area (Å²) in [6.07, 6.45) is -0.0919. The highest BCUT2D eigenvalue weighted by Crippen LogP contribution is 2.07. The maximum absolute atomic E-state index is 11.7. The fraction of sp³-hybridized carbons (Fsp3) is 0.167. The Morgan fingerprint density at radius 2 is 1.21 bits per heavy atom. The van der Waals surface area contributed by atoms with Crippen molar-refractivity contribution in [2.75, 3.05) is 17.2 Å². The molecule has 6 nitrogen and oxygen atoms in total. The van der Waals surface area contributed by atoms with Crippen molar-refractivity contribution >= 4 is 29.2 Å². The standard InChI is InChI=1S/C18H18N2O4/c21-16(19-14-7-3-1-4-8-14)11-12-18(23)24-13-17(22)20-15-9-5-2-6-10-15/h1-10H,11-13H2,(H,19,21)(H,20,22). The summed E-state index contributed by atoms with van der Waals surface area (Å²) in [5.74, 6) is -1.31. The van der Waals surface area contributed by atoms with E-state index in [1.54, 1.807) is 48.5 Å². The molecule has 0 atom stereocenters. The van der Waals surface area contributed by atoms with Crippen molar-refractivity contribution in [2.45, 2.75) is 12.8 Å². The van der Waals surface area contributed by atoms with Crippen molar-refractivity contribution < 1.29 is 19.1 Å². The van der Waals surface area contributed by atoms with E-state index in [0.717, 1.165) is 0 Å². The van der Waals surface area contributed by atoms with Gasteiger partial charge in [0.2, 0.25) is 5.91 Å². The van der Waals surface area contributed by atoms with Crippen LogP contribution in [0.4, 0.5) is 11.4 Å². The fourth-order valence-corrected chi connectivity index (χ4v) is 1.90. The molecule has 0 aliphatic heterocycles. The van der Waals surface area contributed by atoms with Gasteiger partial charge >= 0.3 is 5.97 Å². The number of ether oxygens (including phenoxy) is 1. The highest BCUT2D eigenvalue weighted by molar-refractivity contribution is 5.94. The van der Waals surface area contributed by atoms with Crippen LogP contribution in [0.2, 0.25) is 0 Å². The number of rotatable bonds is 7. The summed E-state index contributed by atoms with van der Waals surface area (Å²) in [4.78, 5) is 34.9. The third-order valence-electron chi connectivity index (χ3n) is 3.04. The van der Waals surface area contributed by atoms with Gasteiger partial charge in [-0.3, -0.25) is 14.4 Å². The second kappa shape index (κ2) is 9.09. The minimum atomic E-state index is -0.596. The Bertz CT molecular complexity index is 627. The Morgan fingerprint density at radius 3 is 1.75 bits per heavy atom. The van der Waals surface area contributed by atoms with E-state index in [1.807, 2.05) is 12.1 Å². The van der Waals surface area contributed by atoms with Gasteiger partial charge in [-0.25, -0.2) is 0 Å². The van der Waals surface area contributed by atoms with E-state index < -0.39 is 11.9 Å². The largest absolute Gasteiger partial charge is 0.456 e. The van der Waals surface area contributed by atoms with Crippen LogP contribution in [0.5, 0.6) is 0 Å². The lowest BCUT2D eigenvalue weighted by molar-refractivity contribution is -0.147. The minimum Gasteiger partial charge on any atom is -0.456 e. The van der Waals surface area contributed by atoms with Gasteiger partial charge in [-0.1, -0.05) is 36.4 Å². The third kappa shape index (κ3) is 6.31. The molecule has 0 fully saturated rings. The molecule has 6 heteroatoms. The van der Waals surface area contributed by atoms with Crippen LogP contribution in [-0.4, -0.2) is 24.4 Å². The summed E-state index contributed by atoms with van der Waals surface area (Å²) < 4.78 is 4.85. The summed E-state index contributed by atoms with van der Waals surface area (Å²) in [6.45, 7) is -0.381. The molecule has 124 valence electrons. The maximum Gasteiger partial charge on any atom is 0.306 e. The number of anilines is 2. The number of esters is 1. The van der Waals surface area contributed by atoms with Gasteiger partial charge in [-0.15, -0.1) is 0 Å². The van der Waals surface area contributed by atoms with Crippen LogP contribution in [0, 0.1) is 0 Å². The Labute approximate surface area is 139 Å². The highest BCUT2D eigenvalue weighted by Gasteiger charge is 2.10. The number of para-hydroxylation sites is 2. The molecule has 2 rings (SSSR count). The van der Waals surface area contributed by atoms with Crippen LogP contribution >= 0.6 is 0 Å². The van der Waals surface area contributed by atoms with Crippen molar-refractivity contribution in [1.29, 1.82) is 0 Å². The van der Waals surface area contributed by atoms with Gasteiger partial charge in [-0.2, -0.15) is 0 Å². The zero-order valence-electron chi connectivity index (χ0n) is 13.0. The number of carbonyl (C=O) groups is 3. The van der Waals surface area contributed by atoms with Gasteiger partial charge < -0.3 is 15.4 Å². The van der Waals surface area contributed by atoms with Crippen LogP contribution in [0.25, 0.3) is 0 Å². The Balaban J connectivity index is 1.64. The Kier molecular flexibility index (Phi) is 6.52. The molecule has 0 aliphatic carbocycles. The number of hydrogen-bond donors (Lipinski definition) is 2. The quantitative estimate of drug-likeness (QED) is 0.766. The minimum absolute atomic E-state index is 0.00592. The molecule has 2 N–H and O–H groups in total. The van der Waals surface area contributed by atoms with Crippen LogP contribution in [-0.2, 0) is 19.1 Å². The van der Waals surface area contributed by atoms with E-state index in [2.05, 4.69) is 10.6 Å². The monoisotopic (exact) mass is 326 g/mol. The highest BCUT2D eigenvalue weighted by atomic mass is 16.5. The first-order valence-electron chi connectivity index (χ1n) is 7.49. The normalized spacial score (nSPS) is 9.83. The van der Waals surface area contributed by atoms with Gasteiger partial charge in [0, 0.05) is 17.8 Å². The summed E-state index contributed by atoms with van der Waals surface area (Å²) in [5.41, 5.74) is 1.29. The van der Waals surface area contributed by atoms with Crippen molar-refractivity contribution in [3.05, 3.63) is 60.7 Å². The molecule has 0 spiro atoms. The molecule has 0 radical (unpaired) electrons. The molecule has 0 aromatic heterocycles. The molecule has 0 saturated carbocycles. The van der Waals surface area contributed by atoms with Crippen LogP contribution in [0.1, 0.15) is 12.8 Å². The second-order valence-corrected chi connectivity index (χ2v) is 4.99. The number of benzene rings is 2. The van der Waals surface area contributed by atoms with Crippen LogP contribution in [0.15, 0.2) is 60.7 Å². The Morgan fingerprint density at radius 1 is 0.708 bits per heavy atom. The first-order valence-corrected chi connectivity index (χ1v) is 7.49. The van der Waals surface area contributed by atoms with E-state index in [1.165, 1.54) is 0 Å². The van der Waals surface area contributed by atoms with Crippen LogP contribution < -0.4 is 10.6 Å². The molecular weight excluding hydrogens is 308 g/mol. The lowest BCUT2D eigenvalue weighted by Gasteiger charge is -2.07. The Hall–Kier alpha value is -3.15. The molecule has 0 saturated heterocycles. The summed E-state index contributed by atoms with van der Waals surface area (Å²) >= 11 is 0. The summed E-state index contributed by atoms with van der Waals surface area (Å²) in [5, 5.41) is 5.27.